The SMILES string of the molecule is CC(C)(C)C1CCC(N(OCNc2ccc(OC(F)(F)F)cc2)C2CCc3cc(C(=O)NCC(O)C(=O)O)ccc32)CC1. The molecule has 1 saturated carbocycles. The average molecular weight is 608 g/mol. The van der Waals surface area contributed by atoms with Gasteiger partial charge in [0.2, 0.25) is 0 Å². The van der Waals surface area contributed by atoms with Crippen LogP contribution in [0.3, 0.4) is 0 Å². The number of hydrogen-bond acceptors (Lipinski definition) is 7. The minimum atomic E-state index is -4.75. The first-order chi connectivity index (χ1) is 20.2. The summed E-state index contributed by atoms with van der Waals surface area (Å²) in [6.45, 7) is 6.52. The monoisotopic (exact) mass is 607 g/mol. The Hall–Kier alpha value is -3.35. The van der Waals surface area contributed by atoms with E-state index in [2.05, 4.69) is 41.2 Å². The zero-order valence-electron chi connectivity index (χ0n) is 24.6. The molecule has 43 heavy (non-hydrogen) atoms. The summed E-state index contributed by atoms with van der Waals surface area (Å²) in [5.41, 5.74) is 3.24. The average Bonchev–Trinajstić information content (AvgIpc) is 3.36. The number of aryl methyl sites for hydroxylation is 1. The molecule has 2 aliphatic rings. The standard InChI is InChI=1S/C31H40F3N3O6/c1-30(2,3)21-6-10-23(11-7-21)37(42-18-36-22-8-12-24(13-9-22)43-31(32,33)34)26-15-5-19-16-20(4-14-25(19)26)28(39)35-17-27(38)29(40)41/h4,8-9,12-14,16,21,23,26-27,36,38H,5-7,10-11,15,17-18H2,1-3H3,(H,35,39)(H,40,41). The maximum atomic E-state index is 12.6. The fourth-order valence-corrected chi connectivity index (χ4v) is 5.99. The van der Waals surface area contributed by atoms with Crippen molar-refractivity contribution in [2.45, 2.75) is 83.8 Å². The predicted octanol–water partition coefficient (Wildman–Crippen LogP) is 5.66. The van der Waals surface area contributed by atoms with Gasteiger partial charge < -0.3 is 25.6 Å². The number of carbonyl (C=O) groups is 2. The number of rotatable bonds is 11. The van der Waals surface area contributed by atoms with Crippen molar-refractivity contribution in [3.63, 3.8) is 0 Å². The Morgan fingerprint density at radius 1 is 1.02 bits per heavy atom. The maximum Gasteiger partial charge on any atom is 0.573 e. The Balaban J connectivity index is 1.45. The van der Waals surface area contributed by atoms with E-state index in [4.69, 9.17) is 9.94 Å². The second kappa shape index (κ2) is 13.5. The van der Waals surface area contributed by atoms with Crippen LogP contribution in [0.2, 0.25) is 0 Å². The molecule has 0 spiro atoms. The highest BCUT2D eigenvalue weighted by Crippen LogP contribution is 2.43. The number of carboxylic acids is 1. The number of carboxylic acid groups (broad SMARTS) is 1. The van der Waals surface area contributed by atoms with Gasteiger partial charge in [-0.2, -0.15) is 5.06 Å². The van der Waals surface area contributed by atoms with E-state index in [9.17, 15) is 27.9 Å². The molecule has 4 N–H and O–H groups in total. The van der Waals surface area contributed by atoms with Crippen LogP contribution in [0.4, 0.5) is 18.9 Å². The van der Waals surface area contributed by atoms with Crippen LogP contribution in [0.25, 0.3) is 0 Å². The van der Waals surface area contributed by atoms with Crippen molar-refractivity contribution in [1.82, 2.24) is 10.4 Å². The van der Waals surface area contributed by atoms with Crippen LogP contribution < -0.4 is 15.4 Å². The molecule has 2 atom stereocenters. The van der Waals surface area contributed by atoms with Gasteiger partial charge >= 0.3 is 12.3 Å². The van der Waals surface area contributed by atoms with Crippen molar-refractivity contribution in [2.24, 2.45) is 11.3 Å². The summed E-state index contributed by atoms with van der Waals surface area (Å²) in [6, 6.07) is 11.0. The molecule has 2 aliphatic carbocycles. The number of carbonyl (C=O) groups excluding carboxylic acids is 1. The summed E-state index contributed by atoms with van der Waals surface area (Å²) in [7, 11) is 0. The van der Waals surface area contributed by atoms with Gasteiger partial charge in [0.15, 0.2) is 6.10 Å². The maximum absolute atomic E-state index is 12.6. The van der Waals surface area contributed by atoms with E-state index in [1.807, 2.05) is 6.07 Å². The molecule has 2 aromatic rings. The Bertz CT molecular complexity index is 1260. The van der Waals surface area contributed by atoms with E-state index >= 15 is 0 Å². The van der Waals surface area contributed by atoms with E-state index in [0.29, 0.717) is 17.2 Å². The molecule has 4 rings (SSSR count). The molecule has 0 aliphatic heterocycles. The highest BCUT2D eigenvalue weighted by Gasteiger charge is 2.38. The van der Waals surface area contributed by atoms with Gasteiger partial charge in [-0.05, 0) is 97.4 Å². The lowest BCUT2D eigenvalue weighted by Crippen LogP contribution is -2.42. The third kappa shape index (κ3) is 8.84. The number of nitrogens with zero attached hydrogens (tertiary/aromatic N) is 1. The molecule has 0 bridgehead atoms. The molecule has 12 heteroatoms. The van der Waals surface area contributed by atoms with Gasteiger partial charge in [-0.15, -0.1) is 13.2 Å². The number of anilines is 1. The number of hydroxylamine groups is 2. The number of aliphatic carboxylic acids is 1. The molecule has 0 radical (unpaired) electrons. The van der Waals surface area contributed by atoms with Crippen LogP contribution in [-0.2, 0) is 16.1 Å². The van der Waals surface area contributed by atoms with Gasteiger partial charge in [-0.3, -0.25) is 9.63 Å². The molecule has 1 amide bonds. The van der Waals surface area contributed by atoms with Gasteiger partial charge in [0.25, 0.3) is 5.91 Å². The van der Waals surface area contributed by atoms with E-state index in [1.54, 1.807) is 12.1 Å². The Kier molecular flexibility index (Phi) is 10.2. The molecule has 2 aromatic carbocycles. The van der Waals surface area contributed by atoms with Crippen LogP contribution >= 0.6 is 0 Å². The first-order valence-corrected chi connectivity index (χ1v) is 14.5. The lowest BCUT2D eigenvalue weighted by Gasteiger charge is -2.42. The number of fused-ring (bicyclic) bond motifs is 1. The zero-order chi connectivity index (χ0) is 31.4. The largest absolute Gasteiger partial charge is 0.573 e. The normalized spacial score (nSPS) is 21.3. The number of nitrogens with one attached hydrogen (secondary N) is 2. The first-order valence-electron chi connectivity index (χ1n) is 14.5. The van der Waals surface area contributed by atoms with E-state index in [0.717, 1.165) is 49.7 Å². The summed E-state index contributed by atoms with van der Waals surface area (Å²) < 4.78 is 41.4. The Morgan fingerprint density at radius 3 is 2.30 bits per heavy atom. The van der Waals surface area contributed by atoms with Crippen molar-refractivity contribution in [3.05, 3.63) is 59.2 Å². The molecule has 236 valence electrons. The second-order valence-electron chi connectivity index (χ2n) is 12.3. The van der Waals surface area contributed by atoms with Crippen molar-refractivity contribution >= 4 is 17.6 Å². The third-order valence-electron chi connectivity index (χ3n) is 8.36. The third-order valence-corrected chi connectivity index (χ3v) is 8.36. The summed E-state index contributed by atoms with van der Waals surface area (Å²) in [4.78, 5) is 29.8. The van der Waals surface area contributed by atoms with Gasteiger partial charge in [-0.25, -0.2) is 4.79 Å². The Labute approximate surface area is 249 Å². The highest BCUT2D eigenvalue weighted by atomic mass is 19.4. The van der Waals surface area contributed by atoms with Crippen LogP contribution in [0.5, 0.6) is 5.75 Å². The van der Waals surface area contributed by atoms with Crippen LogP contribution in [-0.4, -0.2) is 58.9 Å². The lowest BCUT2D eigenvalue weighted by atomic mass is 9.71. The number of alkyl halides is 3. The lowest BCUT2D eigenvalue weighted by molar-refractivity contribution is -0.274. The molecule has 0 heterocycles. The molecular formula is C31H40F3N3O6. The van der Waals surface area contributed by atoms with Gasteiger partial charge in [0.05, 0.1) is 12.6 Å². The predicted molar refractivity (Wildman–Crippen MR) is 153 cm³/mol. The molecule has 9 nitrogen and oxygen atoms in total. The summed E-state index contributed by atoms with van der Waals surface area (Å²) in [5.74, 6) is -1.56. The van der Waals surface area contributed by atoms with Crippen LogP contribution in [0, 0.1) is 11.3 Å². The number of ether oxygens (including phenoxy) is 1. The number of benzene rings is 2. The molecule has 1 fully saturated rings. The Morgan fingerprint density at radius 2 is 1.70 bits per heavy atom. The fourth-order valence-electron chi connectivity index (χ4n) is 5.99. The molecular weight excluding hydrogens is 567 g/mol. The van der Waals surface area contributed by atoms with E-state index in [-0.39, 0.29) is 30.0 Å². The van der Waals surface area contributed by atoms with Crippen LogP contribution in [0.1, 0.15) is 80.4 Å². The van der Waals surface area contributed by atoms with E-state index < -0.39 is 30.9 Å². The topological polar surface area (TPSA) is 120 Å². The van der Waals surface area contributed by atoms with Crippen molar-refractivity contribution in [2.75, 3.05) is 18.6 Å². The second-order valence-corrected chi connectivity index (χ2v) is 12.3. The molecule has 0 aromatic heterocycles. The number of aliphatic hydroxyl groups is 1. The zero-order valence-corrected chi connectivity index (χ0v) is 24.6. The van der Waals surface area contributed by atoms with Crippen molar-refractivity contribution in [3.8, 4) is 5.75 Å². The van der Waals surface area contributed by atoms with Crippen molar-refractivity contribution < 1.29 is 42.5 Å². The van der Waals surface area contributed by atoms with Crippen LogP contribution in [0.15, 0.2) is 42.5 Å². The number of hydrogen-bond donors (Lipinski definition) is 4. The van der Waals surface area contributed by atoms with Gasteiger partial charge in [-0.1, -0.05) is 26.8 Å². The summed E-state index contributed by atoms with van der Waals surface area (Å²) in [6.07, 6.45) is -0.860. The van der Waals surface area contributed by atoms with Gasteiger partial charge in [0, 0.05) is 17.3 Å². The van der Waals surface area contributed by atoms with Gasteiger partial charge in [0.1, 0.15) is 12.5 Å². The summed E-state index contributed by atoms with van der Waals surface area (Å²) >= 11 is 0. The fraction of sp³-hybridized carbons (Fsp3) is 0.548. The molecule has 0 saturated heterocycles. The van der Waals surface area contributed by atoms with E-state index in [1.165, 1.54) is 24.3 Å². The number of amides is 1. The minimum absolute atomic E-state index is 0.0542. The summed E-state index contributed by atoms with van der Waals surface area (Å²) in [5, 5.41) is 25.9. The van der Waals surface area contributed by atoms with Crippen molar-refractivity contribution in [1.29, 1.82) is 0 Å². The first kappa shape index (κ1) is 32.6. The number of aliphatic hydroxyl groups excluding tert-OH is 1. The molecule has 2 unspecified atom stereocenters. The smallest absolute Gasteiger partial charge is 0.479 e. The number of halogens is 3. The highest BCUT2D eigenvalue weighted by molar-refractivity contribution is 5.94. The minimum Gasteiger partial charge on any atom is -0.479 e. The quantitative estimate of drug-likeness (QED) is 0.191.